The lowest BCUT2D eigenvalue weighted by molar-refractivity contribution is 0.443. The van der Waals surface area contributed by atoms with Crippen molar-refractivity contribution in [2.45, 2.75) is 25.7 Å². The molecule has 1 nitrogen and oxygen atoms in total. The molecule has 0 bridgehead atoms. The molecule has 78 valence electrons. The fourth-order valence-electron chi connectivity index (χ4n) is 1.10. The Balaban J connectivity index is 2.59. The summed E-state index contributed by atoms with van der Waals surface area (Å²) in [6, 6.07) is 8.53. The summed E-state index contributed by atoms with van der Waals surface area (Å²) in [5.41, 5.74) is 1.54. The summed E-state index contributed by atoms with van der Waals surface area (Å²) in [6.45, 7) is 7.71. The molecule has 0 heterocycles. The van der Waals surface area contributed by atoms with Crippen molar-refractivity contribution in [3.05, 3.63) is 24.3 Å². The topological polar surface area (TPSA) is 12.0 Å². The van der Waals surface area contributed by atoms with E-state index in [0.29, 0.717) is 5.41 Å². The smallest absolute Gasteiger partial charge is 0.0351 e. The molecular formula is C12H19NS. The molecule has 0 aliphatic rings. The molecule has 0 unspecified atom stereocenters. The highest BCUT2D eigenvalue weighted by Crippen LogP contribution is 2.20. The molecule has 0 spiro atoms. The maximum absolute atomic E-state index is 3.45. The van der Waals surface area contributed by atoms with Gasteiger partial charge in [-0.3, -0.25) is 0 Å². The second-order valence-electron chi connectivity index (χ2n) is 4.65. The molecule has 1 aromatic rings. The number of hydrogen-bond acceptors (Lipinski definition) is 2. The Morgan fingerprint density at radius 2 is 2.00 bits per heavy atom. The van der Waals surface area contributed by atoms with Crippen molar-refractivity contribution >= 4 is 17.4 Å². The monoisotopic (exact) mass is 209 g/mol. The van der Waals surface area contributed by atoms with E-state index in [1.807, 2.05) is 0 Å². The van der Waals surface area contributed by atoms with E-state index < -0.39 is 0 Å². The van der Waals surface area contributed by atoms with Gasteiger partial charge in [0.1, 0.15) is 0 Å². The molecule has 0 atom stereocenters. The Bertz CT molecular complexity index is 289. The summed E-state index contributed by atoms with van der Waals surface area (Å²) in [5, 5.41) is 3.45. The minimum atomic E-state index is 0.329. The summed E-state index contributed by atoms with van der Waals surface area (Å²) < 4.78 is 0. The van der Waals surface area contributed by atoms with Gasteiger partial charge in [0.15, 0.2) is 0 Å². The molecular weight excluding hydrogens is 190 g/mol. The van der Waals surface area contributed by atoms with Crippen molar-refractivity contribution in [1.82, 2.24) is 0 Å². The molecule has 0 saturated heterocycles. The maximum atomic E-state index is 3.45. The van der Waals surface area contributed by atoms with Crippen LogP contribution in [0.15, 0.2) is 29.2 Å². The molecule has 2 heteroatoms. The van der Waals surface area contributed by atoms with Gasteiger partial charge in [-0.1, -0.05) is 26.8 Å². The van der Waals surface area contributed by atoms with Crippen LogP contribution in [0.4, 0.5) is 5.69 Å². The largest absolute Gasteiger partial charge is 0.384 e. The number of nitrogens with one attached hydrogen (secondary N) is 1. The van der Waals surface area contributed by atoms with Crippen LogP contribution in [-0.4, -0.2) is 12.8 Å². The van der Waals surface area contributed by atoms with Gasteiger partial charge in [0.2, 0.25) is 0 Å². The molecule has 0 aliphatic heterocycles. The van der Waals surface area contributed by atoms with Crippen LogP contribution in [-0.2, 0) is 0 Å². The third-order valence-corrected chi connectivity index (χ3v) is 2.62. The SMILES string of the molecule is CSc1cccc(NCC(C)(C)C)c1. The van der Waals surface area contributed by atoms with E-state index in [-0.39, 0.29) is 0 Å². The lowest BCUT2D eigenvalue weighted by atomic mass is 9.97. The first-order chi connectivity index (χ1) is 6.51. The summed E-state index contributed by atoms with van der Waals surface area (Å²) in [4.78, 5) is 1.31. The minimum absolute atomic E-state index is 0.329. The van der Waals surface area contributed by atoms with Gasteiger partial charge in [0.25, 0.3) is 0 Å². The van der Waals surface area contributed by atoms with E-state index in [9.17, 15) is 0 Å². The molecule has 0 amide bonds. The molecule has 1 aromatic carbocycles. The lowest BCUT2D eigenvalue weighted by Gasteiger charge is -2.19. The number of thioether (sulfide) groups is 1. The molecule has 0 radical (unpaired) electrons. The van der Waals surface area contributed by atoms with E-state index in [1.165, 1.54) is 10.6 Å². The van der Waals surface area contributed by atoms with E-state index >= 15 is 0 Å². The van der Waals surface area contributed by atoms with Gasteiger partial charge in [-0.15, -0.1) is 11.8 Å². The van der Waals surface area contributed by atoms with Crippen LogP contribution in [0.25, 0.3) is 0 Å². The van der Waals surface area contributed by atoms with Crippen LogP contribution in [0.1, 0.15) is 20.8 Å². The molecule has 0 saturated carbocycles. The first-order valence-electron chi connectivity index (χ1n) is 4.89. The predicted octanol–water partition coefficient (Wildman–Crippen LogP) is 3.87. The van der Waals surface area contributed by atoms with Crippen LogP contribution in [0.3, 0.4) is 0 Å². The van der Waals surface area contributed by atoms with E-state index in [1.54, 1.807) is 11.8 Å². The van der Waals surface area contributed by atoms with Crippen molar-refractivity contribution < 1.29 is 0 Å². The van der Waals surface area contributed by atoms with Gasteiger partial charge in [-0.2, -0.15) is 0 Å². The minimum Gasteiger partial charge on any atom is -0.384 e. The normalized spacial score (nSPS) is 11.4. The number of rotatable bonds is 3. The van der Waals surface area contributed by atoms with Crippen molar-refractivity contribution in [1.29, 1.82) is 0 Å². The zero-order valence-electron chi connectivity index (χ0n) is 9.42. The molecule has 1 rings (SSSR count). The van der Waals surface area contributed by atoms with Crippen LogP contribution in [0.2, 0.25) is 0 Å². The second kappa shape index (κ2) is 4.74. The first kappa shape index (κ1) is 11.4. The summed E-state index contributed by atoms with van der Waals surface area (Å²) in [5.74, 6) is 0. The van der Waals surface area contributed by atoms with Crippen molar-refractivity contribution in [3.8, 4) is 0 Å². The van der Waals surface area contributed by atoms with Crippen LogP contribution < -0.4 is 5.32 Å². The van der Waals surface area contributed by atoms with Crippen molar-refractivity contribution in [3.63, 3.8) is 0 Å². The van der Waals surface area contributed by atoms with Gasteiger partial charge in [0, 0.05) is 17.1 Å². The summed E-state index contributed by atoms with van der Waals surface area (Å²) in [6.07, 6.45) is 2.10. The van der Waals surface area contributed by atoms with Gasteiger partial charge >= 0.3 is 0 Å². The fourth-order valence-corrected chi connectivity index (χ4v) is 1.56. The molecule has 0 aliphatic carbocycles. The number of hydrogen-bond donors (Lipinski definition) is 1. The van der Waals surface area contributed by atoms with Crippen LogP contribution >= 0.6 is 11.8 Å². The molecule has 0 fully saturated rings. The average Bonchev–Trinajstić information content (AvgIpc) is 2.14. The van der Waals surface area contributed by atoms with Crippen molar-refractivity contribution in [2.75, 3.05) is 18.1 Å². The van der Waals surface area contributed by atoms with E-state index in [2.05, 4.69) is 56.6 Å². The Kier molecular flexibility index (Phi) is 3.87. The van der Waals surface area contributed by atoms with E-state index in [0.717, 1.165) is 6.54 Å². The third kappa shape index (κ3) is 4.05. The Morgan fingerprint density at radius 1 is 1.29 bits per heavy atom. The zero-order valence-corrected chi connectivity index (χ0v) is 10.2. The third-order valence-electron chi connectivity index (χ3n) is 1.89. The predicted molar refractivity (Wildman–Crippen MR) is 66.2 cm³/mol. The molecule has 14 heavy (non-hydrogen) atoms. The van der Waals surface area contributed by atoms with E-state index in [4.69, 9.17) is 0 Å². The molecule has 0 aromatic heterocycles. The standard InChI is InChI=1S/C12H19NS/c1-12(2,3)9-13-10-6-5-7-11(8-10)14-4/h5-8,13H,9H2,1-4H3. The van der Waals surface area contributed by atoms with Crippen molar-refractivity contribution in [2.24, 2.45) is 5.41 Å². The highest BCUT2D eigenvalue weighted by molar-refractivity contribution is 7.98. The molecule has 1 N–H and O–H groups in total. The maximum Gasteiger partial charge on any atom is 0.0351 e. The van der Waals surface area contributed by atoms with Crippen LogP contribution in [0, 0.1) is 5.41 Å². The fraction of sp³-hybridized carbons (Fsp3) is 0.500. The second-order valence-corrected chi connectivity index (χ2v) is 5.53. The average molecular weight is 209 g/mol. The number of anilines is 1. The van der Waals surface area contributed by atoms with Gasteiger partial charge < -0.3 is 5.32 Å². The lowest BCUT2D eigenvalue weighted by Crippen LogP contribution is -2.18. The quantitative estimate of drug-likeness (QED) is 0.758. The Labute approximate surface area is 91.3 Å². The van der Waals surface area contributed by atoms with Gasteiger partial charge in [-0.05, 0) is 29.9 Å². The van der Waals surface area contributed by atoms with Crippen LogP contribution in [0.5, 0.6) is 0 Å². The Hall–Kier alpha value is -0.630. The van der Waals surface area contributed by atoms with Gasteiger partial charge in [0.05, 0.1) is 0 Å². The Morgan fingerprint density at radius 3 is 2.57 bits per heavy atom. The first-order valence-corrected chi connectivity index (χ1v) is 6.12. The summed E-state index contributed by atoms with van der Waals surface area (Å²) >= 11 is 1.78. The van der Waals surface area contributed by atoms with Gasteiger partial charge in [-0.25, -0.2) is 0 Å². The highest BCUT2D eigenvalue weighted by Gasteiger charge is 2.09. The highest BCUT2D eigenvalue weighted by atomic mass is 32.2. The zero-order chi connectivity index (χ0) is 10.6. The summed E-state index contributed by atoms with van der Waals surface area (Å²) in [7, 11) is 0. The number of benzene rings is 1.